The fourth-order valence-corrected chi connectivity index (χ4v) is 0.881. The monoisotopic (exact) mass is 195 g/mol. The van der Waals surface area contributed by atoms with Crippen molar-refractivity contribution in [2.45, 2.75) is 6.92 Å². The Morgan fingerprint density at radius 3 is 2.50 bits per heavy atom. The molecular weight excluding hydrogens is 184 g/mol. The van der Waals surface area contributed by atoms with Gasteiger partial charge >= 0.3 is 5.97 Å². The van der Waals surface area contributed by atoms with Crippen LogP contribution in [0.3, 0.4) is 0 Å². The predicted octanol–water partition coefficient (Wildman–Crippen LogP) is 1.77. The van der Waals surface area contributed by atoms with E-state index in [9.17, 15) is 9.90 Å². The molecule has 0 amide bonds. The van der Waals surface area contributed by atoms with Crippen molar-refractivity contribution in [1.29, 1.82) is 0 Å². The Bertz CT molecular complexity index is 291. The van der Waals surface area contributed by atoms with Crippen molar-refractivity contribution >= 4 is 5.97 Å². The molecule has 0 saturated carbocycles. The van der Waals surface area contributed by atoms with Gasteiger partial charge in [-0.25, -0.2) is 4.79 Å². The van der Waals surface area contributed by atoms with Crippen molar-refractivity contribution in [1.82, 2.24) is 0 Å². The van der Waals surface area contributed by atoms with Crippen molar-refractivity contribution in [3.8, 4) is 11.5 Å². The van der Waals surface area contributed by atoms with Crippen molar-refractivity contribution in [2.24, 2.45) is 0 Å². The van der Waals surface area contributed by atoms with Crippen LogP contribution in [0, 0.1) is 0 Å². The smallest absolute Gasteiger partial charge is 0.344 e. The van der Waals surface area contributed by atoms with Gasteiger partial charge < -0.3 is 9.47 Å². The minimum absolute atomic E-state index is 0.0894. The molecule has 0 unspecified atom stereocenters. The number of ether oxygens (including phenoxy) is 2. The number of hydrogen-bond donors (Lipinski definition) is 0. The van der Waals surface area contributed by atoms with Crippen molar-refractivity contribution in [3.05, 3.63) is 24.3 Å². The van der Waals surface area contributed by atoms with Crippen molar-refractivity contribution < 1.29 is 19.4 Å². The van der Waals surface area contributed by atoms with Crippen LogP contribution in [0.15, 0.2) is 24.3 Å². The zero-order valence-corrected chi connectivity index (χ0v) is 7.86. The molecule has 0 fully saturated rings. The van der Waals surface area contributed by atoms with Crippen LogP contribution in [0.5, 0.6) is 11.5 Å². The summed E-state index contributed by atoms with van der Waals surface area (Å²) in [5, 5.41) is 10.7. The standard InChI is InChI=1S/C10H11O4/c1-2-13-10(12)7-14-9-5-3-8(11)4-6-9/h3-6H,2,7H2,1H3. The lowest BCUT2D eigenvalue weighted by Gasteiger charge is -2.04. The molecule has 4 nitrogen and oxygen atoms in total. The van der Waals surface area contributed by atoms with Crippen LogP contribution in [-0.4, -0.2) is 19.2 Å². The van der Waals surface area contributed by atoms with Crippen molar-refractivity contribution in [2.75, 3.05) is 13.2 Å². The molecule has 1 radical (unpaired) electrons. The fraction of sp³-hybridized carbons (Fsp3) is 0.300. The van der Waals surface area contributed by atoms with E-state index >= 15 is 0 Å². The Kier molecular flexibility index (Phi) is 3.79. The van der Waals surface area contributed by atoms with Gasteiger partial charge in [0.2, 0.25) is 0 Å². The summed E-state index contributed by atoms with van der Waals surface area (Å²) in [5.74, 6) is -0.0233. The number of carbonyl (C=O) groups excluding carboxylic acids is 1. The number of rotatable bonds is 4. The summed E-state index contributed by atoms with van der Waals surface area (Å²) >= 11 is 0. The highest BCUT2D eigenvalue weighted by atomic mass is 16.6. The van der Waals surface area contributed by atoms with E-state index in [2.05, 4.69) is 4.74 Å². The molecule has 0 spiro atoms. The van der Waals surface area contributed by atoms with Crippen LogP contribution >= 0.6 is 0 Å². The largest absolute Gasteiger partial charge is 0.482 e. The summed E-state index contributed by atoms with van der Waals surface area (Å²) in [6.45, 7) is 1.93. The van der Waals surface area contributed by atoms with Gasteiger partial charge in [0.25, 0.3) is 0 Å². The Hall–Kier alpha value is -1.71. The van der Waals surface area contributed by atoms with E-state index in [1.807, 2.05) is 0 Å². The molecule has 0 aliphatic carbocycles. The van der Waals surface area contributed by atoms with E-state index in [4.69, 9.17) is 4.74 Å². The lowest BCUT2D eigenvalue weighted by atomic mass is 10.3. The Morgan fingerprint density at radius 2 is 1.93 bits per heavy atom. The van der Waals surface area contributed by atoms with Crippen LogP contribution in [0.1, 0.15) is 6.92 Å². The summed E-state index contributed by atoms with van der Waals surface area (Å²) in [6.07, 6.45) is 0. The van der Waals surface area contributed by atoms with Gasteiger partial charge in [-0.05, 0) is 31.2 Å². The molecule has 0 heterocycles. The van der Waals surface area contributed by atoms with Gasteiger partial charge in [0.05, 0.1) is 6.61 Å². The first kappa shape index (κ1) is 10.4. The summed E-state index contributed by atoms with van der Waals surface area (Å²) < 4.78 is 9.72. The zero-order valence-electron chi connectivity index (χ0n) is 7.86. The zero-order chi connectivity index (χ0) is 10.4. The maximum absolute atomic E-state index is 10.9. The second-order valence-corrected chi connectivity index (χ2v) is 2.57. The minimum Gasteiger partial charge on any atom is -0.482 e. The molecular formula is C10H11O4. The van der Waals surface area contributed by atoms with E-state index < -0.39 is 5.97 Å². The number of hydrogen-bond acceptors (Lipinski definition) is 3. The molecule has 4 heteroatoms. The molecule has 0 aliphatic rings. The van der Waals surface area contributed by atoms with E-state index in [1.54, 1.807) is 6.92 Å². The quantitative estimate of drug-likeness (QED) is 0.688. The van der Waals surface area contributed by atoms with Crippen LogP contribution in [0.2, 0.25) is 0 Å². The molecule has 0 bridgehead atoms. The van der Waals surface area contributed by atoms with E-state index in [0.29, 0.717) is 12.4 Å². The predicted molar refractivity (Wildman–Crippen MR) is 48.7 cm³/mol. The second kappa shape index (κ2) is 5.11. The number of esters is 1. The van der Waals surface area contributed by atoms with Gasteiger partial charge in [0.1, 0.15) is 5.75 Å². The molecule has 1 aromatic rings. The maximum atomic E-state index is 10.9. The average Bonchev–Trinajstić information content (AvgIpc) is 2.17. The molecule has 75 valence electrons. The molecule has 0 aliphatic heterocycles. The Labute approximate surface area is 82.1 Å². The van der Waals surface area contributed by atoms with Crippen LogP contribution in [0.4, 0.5) is 0 Å². The SMILES string of the molecule is CCOC(=O)COc1ccc([O])cc1. The van der Waals surface area contributed by atoms with E-state index in [-0.39, 0.29) is 12.4 Å². The molecule has 1 aromatic carbocycles. The highest BCUT2D eigenvalue weighted by Gasteiger charge is 2.02. The lowest BCUT2D eigenvalue weighted by molar-refractivity contribution is -0.145. The van der Waals surface area contributed by atoms with E-state index in [1.165, 1.54) is 24.3 Å². The first-order valence-electron chi connectivity index (χ1n) is 4.28. The van der Waals surface area contributed by atoms with E-state index in [0.717, 1.165) is 0 Å². The topological polar surface area (TPSA) is 55.4 Å². The average molecular weight is 195 g/mol. The first-order chi connectivity index (χ1) is 6.72. The van der Waals surface area contributed by atoms with Crippen molar-refractivity contribution in [3.63, 3.8) is 0 Å². The normalized spacial score (nSPS) is 9.50. The molecule has 0 atom stereocenters. The van der Waals surface area contributed by atoms with Gasteiger partial charge in [-0.3, -0.25) is 5.11 Å². The maximum Gasteiger partial charge on any atom is 0.344 e. The van der Waals surface area contributed by atoms with Crippen LogP contribution in [-0.2, 0) is 14.6 Å². The fourth-order valence-electron chi connectivity index (χ4n) is 0.881. The second-order valence-electron chi connectivity index (χ2n) is 2.57. The third-order valence-corrected chi connectivity index (χ3v) is 1.49. The molecule has 0 saturated heterocycles. The Morgan fingerprint density at radius 1 is 1.29 bits per heavy atom. The molecule has 0 N–H and O–H groups in total. The van der Waals surface area contributed by atoms with Gasteiger partial charge in [0, 0.05) is 0 Å². The minimum atomic E-state index is -0.418. The highest BCUT2D eigenvalue weighted by molar-refractivity contribution is 5.71. The van der Waals surface area contributed by atoms with Crippen LogP contribution < -0.4 is 4.74 Å². The van der Waals surface area contributed by atoms with Gasteiger partial charge in [-0.2, -0.15) is 0 Å². The lowest BCUT2D eigenvalue weighted by Crippen LogP contribution is -2.14. The first-order valence-corrected chi connectivity index (χ1v) is 4.28. The van der Waals surface area contributed by atoms with Gasteiger partial charge in [-0.15, -0.1) is 0 Å². The number of carbonyl (C=O) groups is 1. The Balaban J connectivity index is 2.38. The van der Waals surface area contributed by atoms with Crippen LogP contribution in [0.25, 0.3) is 0 Å². The third kappa shape index (κ3) is 3.35. The number of benzene rings is 1. The molecule has 0 aromatic heterocycles. The van der Waals surface area contributed by atoms with Gasteiger partial charge in [0.15, 0.2) is 12.4 Å². The summed E-state index contributed by atoms with van der Waals surface area (Å²) in [7, 11) is 0. The summed E-state index contributed by atoms with van der Waals surface area (Å²) in [5.41, 5.74) is 0. The highest BCUT2D eigenvalue weighted by Crippen LogP contribution is 2.16. The summed E-state index contributed by atoms with van der Waals surface area (Å²) in [6, 6.07) is 5.78. The van der Waals surface area contributed by atoms with Gasteiger partial charge in [-0.1, -0.05) is 0 Å². The summed E-state index contributed by atoms with van der Waals surface area (Å²) in [4.78, 5) is 10.9. The third-order valence-electron chi connectivity index (χ3n) is 1.49. The molecule has 14 heavy (non-hydrogen) atoms. The molecule has 1 rings (SSSR count).